The smallest absolute Gasteiger partial charge is 0.219 e. The van der Waals surface area contributed by atoms with Crippen molar-refractivity contribution >= 4 is 23.1 Å². The van der Waals surface area contributed by atoms with Crippen LogP contribution in [0.15, 0.2) is 54.6 Å². The number of rotatable bonds is 4. The molecule has 0 atom stereocenters. The van der Waals surface area contributed by atoms with Gasteiger partial charge in [-0.1, -0.05) is 41.9 Å². The molecule has 2 aromatic carbocycles. The van der Waals surface area contributed by atoms with Gasteiger partial charge in [-0.25, -0.2) is 4.68 Å². The van der Waals surface area contributed by atoms with Crippen molar-refractivity contribution in [1.29, 1.82) is 0 Å². The van der Waals surface area contributed by atoms with E-state index in [0.717, 1.165) is 11.3 Å². The first-order valence-corrected chi connectivity index (χ1v) is 7.07. The van der Waals surface area contributed by atoms with E-state index in [1.165, 1.54) is 6.92 Å². The number of benzene rings is 2. The zero-order valence-electron chi connectivity index (χ0n) is 11.8. The first-order valence-electron chi connectivity index (χ1n) is 6.69. The van der Waals surface area contributed by atoms with Gasteiger partial charge in [-0.05, 0) is 24.3 Å². The Bertz CT molecular complexity index is 797. The Kier molecular flexibility index (Phi) is 3.89. The van der Waals surface area contributed by atoms with E-state index in [0.29, 0.717) is 10.8 Å². The minimum absolute atomic E-state index is 0.170. The summed E-state index contributed by atoms with van der Waals surface area (Å²) in [6.07, 6.45) is 0. The molecule has 3 aromatic rings. The zero-order valence-corrected chi connectivity index (χ0v) is 12.6. The minimum Gasteiger partial charge on any atom is -0.291 e. The summed E-state index contributed by atoms with van der Waals surface area (Å²) >= 11 is 5.89. The van der Waals surface area contributed by atoms with Crippen LogP contribution in [0.5, 0.6) is 0 Å². The number of nitrogens with one attached hydrogen (secondary N) is 1. The number of aromatic nitrogens is 3. The number of hydrogen-bond acceptors (Lipinski definition) is 4. The van der Waals surface area contributed by atoms with Crippen molar-refractivity contribution in [2.45, 2.75) is 6.92 Å². The van der Waals surface area contributed by atoms with Crippen LogP contribution in [-0.2, 0) is 0 Å². The second kappa shape index (κ2) is 5.99. The molecule has 0 aliphatic rings. The summed E-state index contributed by atoms with van der Waals surface area (Å²) in [4.78, 5) is 11.8. The molecule has 1 aromatic heterocycles. The number of ketones is 1. The summed E-state index contributed by atoms with van der Waals surface area (Å²) in [5.41, 5.74) is 4.79. The van der Waals surface area contributed by atoms with Gasteiger partial charge in [0.2, 0.25) is 5.82 Å². The van der Waals surface area contributed by atoms with Crippen LogP contribution in [-0.4, -0.2) is 20.7 Å². The van der Waals surface area contributed by atoms with E-state index in [-0.39, 0.29) is 11.6 Å². The maximum atomic E-state index is 11.8. The molecule has 1 N–H and O–H groups in total. The largest absolute Gasteiger partial charge is 0.291 e. The monoisotopic (exact) mass is 312 g/mol. The molecule has 0 amide bonds. The normalized spacial score (nSPS) is 10.5. The molecule has 0 aliphatic heterocycles. The fourth-order valence-corrected chi connectivity index (χ4v) is 2.17. The van der Waals surface area contributed by atoms with E-state index in [2.05, 4.69) is 15.6 Å². The topological polar surface area (TPSA) is 59.8 Å². The summed E-state index contributed by atoms with van der Waals surface area (Å²) < 4.78 is 1.58. The molecule has 3 rings (SSSR count). The average molecular weight is 313 g/mol. The van der Waals surface area contributed by atoms with Crippen LogP contribution < -0.4 is 5.43 Å². The number of halogens is 1. The van der Waals surface area contributed by atoms with Gasteiger partial charge in [-0.2, -0.15) is 0 Å². The lowest BCUT2D eigenvalue weighted by Crippen LogP contribution is -2.16. The van der Waals surface area contributed by atoms with Crippen molar-refractivity contribution in [3.8, 4) is 11.4 Å². The molecule has 22 heavy (non-hydrogen) atoms. The lowest BCUT2D eigenvalue weighted by atomic mass is 10.2. The molecule has 5 nitrogen and oxygen atoms in total. The van der Waals surface area contributed by atoms with Crippen LogP contribution in [0.3, 0.4) is 0 Å². The van der Waals surface area contributed by atoms with Crippen LogP contribution >= 0.6 is 11.6 Å². The number of carbonyl (C=O) groups excluding carboxylic acids is 1. The number of nitrogens with zero attached hydrogens (tertiary/aromatic N) is 3. The van der Waals surface area contributed by atoms with Gasteiger partial charge in [-0.3, -0.25) is 10.2 Å². The fourth-order valence-electron chi connectivity index (χ4n) is 2.05. The van der Waals surface area contributed by atoms with Gasteiger partial charge in [0, 0.05) is 17.5 Å². The van der Waals surface area contributed by atoms with Gasteiger partial charge in [0.1, 0.15) is 0 Å². The predicted octanol–water partition coefficient (Wildman–Crippen LogP) is 3.68. The standard InChI is InChI=1S/C16H13ClN4O/c1-11(22)15-18-19-16(12-5-3-2-4-6-12)21(15)20-14-9-7-13(17)8-10-14/h2-10,20H,1H3. The molecule has 6 heteroatoms. The second-order valence-electron chi connectivity index (χ2n) is 4.72. The van der Waals surface area contributed by atoms with Gasteiger partial charge < -0.3 is 0 Å². The highest BCUT2D eigenvalue weighted by Gasteiger charge is 2.17. The van der Waals surface area contributed by atoms with Crippen LogP contribution in [0.4, 0.5) is 5.69 Å². The third kappa shape index (κ3) is 2.84. The van der Waals surface area contributed by atoms with E-state index < -0.39 is 0 Å². The second-order valence-corrected chi connectivity index (χ2v) is 5.16. The molecule has 1 heterocycles. The van der Waals surface area contributed by atoms with Gasteiger partial charge in [0.05, 0.1) is 5.69 Å². The van der Waals surface area contributed by atoms with Gasteiger partial charge in [0.15, 0.2) is 11.6 Å². The maximum Gasteiger partial charge on any atom is 0.219 e. The summed E-state index contributed by atoms with van der Waals surface area (Å²) in [6, 6.07) is 16.7. The van der Waals surface area contributed by atoms with E-state index in [4.69, 9.17) is 11.6 Å². The van der Waals surface area contributed by atoms with Crippen molar-refractivity contribution in [2.75, 3.05) is 5.43 Å². The first kappa shape index (κ1) is 14.3. The average Bonchev–Trinajstić information content (AvgIpc) is 2.94. The fraction of sp³-hybridized carbons (Fsp3) is 0.0625. The number of anilines is 1. The maximum absolute atomic E-state index is 11.8. The van der Waals surface area contributed by atoms with Crippen LogP contribution in [0, 0.1) is 0 Å². The minimum atomic E-state index is -0.170. The molecule has 0 fully saturated rings. The van der Waals surface area contributed by atoms with Crippen molar-refractivity contribution < 1.29 is 4.79 Å². The Hall–Kier alpha value is -2.66. The number of carbonyl (C=O) groups is 1. The molecular formula is C16H13ClN4O. The summed E-state index contributed by atoms with van der Waals surface area (Å²) in [7, 11) is 0. The molecule has 0 unspecified atom stereocenters. The van der Waals surface area contributed by atoms with Crippen LogP contribution in [0.25, 0.3) is 11.4 Å². The Balaban J connectivity index is 2.05. The Morgan fingerprint density at radius 2 is 1.73 bits per heavy atom. The Morgan fingerprint density at radius 3 is 2.36 bits per heavy atom. The number of hydrogen-bond donors (Lipinski definition) is 1. The highest BCUT2D eigenvalue weighted by Crippen LogP contribution is 2.20. The quantitative estimate of drug-likeness (QED) is 0.747. The molecule has 0 saturated heterocycles. The summed E-state index contributed by atoms with van der Waals surface area (Å²) in [6.45, 7) is 1.46. The van der Waals surface area contributed by atoms with Gasteiger partial charge in [-0.15, -0.1) is 10.2 Å². The SMILES string of the molecule is CC(=O)c1nnc(-c2ccccc2)n1Nc1ccc(Cl)cc1. The predicted molar refractivity (Wildman–Crippen MR) is 85.9 cm³/mol. The molecule has 0 aliphatic carbocycles. The summed E-state index contributed by atoms with van der Waals surface area (Å²) in [5, 5.41) is 8.75. The van der Waals surface area contributed by atoms with Crippen LogP contribution in [0.2, 0.25) is 5.02 Å². The third-order valence-electron chi connectivity index (χ3n) is 3.10. The highest BCUT2D eigenvalue weighted by atomic mass is 35.5. The van der Waals surface area contributed by atoms with E-state index in [1.807, 2.05) is 42.5 Å². The van der Waals surface area contributed by atoms with Gasteiger partial charge in [0.25, 0.3) is 0 Å². The lowest BCUT2D eigenvalue weighted by molar-refractivity contribution is 0.100. The van der Waals surface area contributed by atoms with Crippen molar-refractivity contribution in [3.05, 3.63) is 65.4 Å². The van der Waals surface area contributed by atoms with E-state index >= 15 is 0 Å². The van der Waals surface area contributed by atoms with Crippen molar-refractivity contribution in [2.24, 2.45) is 0 Å². The Morgan fingerprint density at radius 1 is 1.05 bits per heavy atom. The van der Waals surface area contributed by atoms with E-state index in [9.17, 15) is 4.79 Å². The molecule has 0 bridgehead atoms. The lowest BCUT2D eigenvalue weighted by Gasteiger charge is -2.12. The van der Waals surface area contributed by atoms with E-state index in [1.54, 1.807) is 16.8 Å². The van der Waals surface area contributed by atoms with Gasteiger partial charge >= 0.3 is 0 Å². The molecule has 110 valence electrons. The highest BCUT2D eigenvalue weighted by molar-refractivity contribution is 6.30. The number of Topliss-reactive ketones (excluding diaryl/α,β-unsaturated/α-hetero) is 1. The first-order chi connectivity index (χ1) is 10.6. The van der Waals surface area contributed by atoms with Crippen molar-refractivity contribution in [3.63, 3.8) is 0 Å². The third-order valence-corrected chi connectivity index (χ3v) is 3.35. The Labute approximate surface area is 132 Å². The molecule has 0 spiro atoms. The van der Waals surface area contributed by atoms with Crippen LogP contribution in [0.1, 0.15) is 17.5 Å². The van der Waals surface area contributed by atoms with Crippen molar-refractivity contribution in [1.82, 2.24) is 14.9 Å². The molecular weight excluding hydrogens is 300 g/mol. The molecule has 0 radical (unpaired) electrons. The molecule has 0 saturated carbocycles. The zero-order chi connectivity index (χ0) is 15.5. The summed E-state index contributed by atoms with van der Waals surface area (Å²) in [5.74, 6) is 0.644.